The standard InChI is InChI=1S/C20H27ClF8O2/c21-11-1-6-14(15(22)9-11)10-7-16(23)18(17(24)8-10)19(25,26)30-12-2-4-13(5-3-12)31-20(27,28)29/h10-18H,1-9H2. The van der Waals surface area contributed by atoms with E-state index >= 15 is 0 Å². The summed E-state index contributed by atoms with van der Waals surface area (Å²) >= 11 is 5.92. The van der Waals surface area contributed by atoms with Crippen LogP contribution in [0.5, 0.6) is 0 Å². The molecule has 3 saturated carbocycles. The van der Waals surface area contributed by atoms with Gasteiger partial charge >= 0.3 is 12.5 Å². The minimum atomic E-state index is -4.81. The van der Waals surface area contributed by atoms with Crippen LogP contribution in [-0.2, 0) is 9.47 Å². The summed E-state index contributed by atoms with van der Waals surface area (Å²) < 4.78 is 118. The SMILES string of the molecule is FC1CC(Cl)CCC1C1CC(F)C(C(F)(F)OC2CCC(OC(F)(F)F)CC2)C(F)C1. The van der Waals surface area contributed by atoms with E-state index in [2.05, 4.69) is 4.74 Å². The molecule has 0 aliphatic heterocycles. The van der Waals surface area contributed by atoms with Crippen LogP contribution in [0.1, 0.15) is 57.8 Å². The molecule has 2 nitrogen and oxygen atoms in total. The molecule has 0 heterocycles. The number of halogens is 9. The van der Waals surface area contributed by atoms with E-state index in [1.165, 1.54) is 0 Å². The lowest BCUT2D eigenvalue weighted by Gasteiger charge is -2.43. The Morgan fingerprint density at radius 1 is 0.645 bits per heavy atom. The average Bonchev–Trinajstić information content (AvgIpc) is 2.61. The Balaban J connectivity index is 1.54. The van der Waals surface area contributed by atoms with Gasteiger partial charge in [0.05, 0.1) is 12.2 Å². The first-order valence-electron chi connectivity index (χ1n) is 10.7. The van der Waals surface area contributed by atoms with Crippen LogP contribution in [0.3, 0.4) is 0 Å². The zero-order valence-corrected chi connectivity index (χ0v) is 17.5. The third kappa shape index (κ3) is 6.59. The van der Waals surface area contributed by atoms with Crippen LogP contribution in [0.4, 0.5) is 35.1 Å². The number of hydrogen-bond donors (Lipinski definition) is 0. The molecule has 0 amide bonds. The third-order valence-corrected chi connectivity index (χ3v) is 7.23. The predicted octanol–water partition coefficient (Wildman–Crippen LogP) is 6.89. The van der Waals surface area contributed by atoms with E-state index in [-0.39, 0.29) is 50.3 Å². The summed E-state index contributed by atoms with van der Waals surface area (Å²) in [6, 6.07) is 0. The highest BCUT2D eigenvalue weighted by molar-refractivity contribution is 6.20. The van der Waals surface area contributed by atoms with E-state index in [9.17, 15) is 35.1 Å². The van der Waals surface area contributed by atoms with Crippen molar-refractivity contribution in [2.45, 2.75) is 106 Å². The molecule has 0 aromatic heterocycles. The second-order valence-corrected chi connectivity index (χ2v) is 9.64. The summed E-state index contributed by atoms with van der Waals surface area (Å²) in [5.41, 5.74) is 0. The molecule has 0 spiro atoms. The molecule has 5 atom stereocenters. The molecule has 0 bridgehead atoms. The van der Waals surface area contributed by atoms with Crippen LogP contribution in [0.15, 0.2) is 0 Å². The van der Waals surface area contributed by atoms with Crippen molar-refractivity contribution in [3.8, 4) is 0 Å². The molecule has 0 aromatic carbocycles. The fourth-order valence-corrected chi connectivity index (χ4v) is 5.64. The summed E-state index contributed by atoms with van der Waals surface area (Å²) in [5.74, 6) is -3.62. The second-order valence-electron chi connectivity index (χ2n) is 9.02. The van der Waals surface area contributed by atoms with Crippen molar-refractivity contribution < 1.29 is 44.6 Å². The molecule has 0 radical (unpaired) electrons. The molecule has 31 heavy (non-hydrogen) atoms. The van der Waals surface area contributed by atoms with E-state index in [1.807, 2.05) is 0 Å². The van der Waals surface area contributed by atoms with Crippen LogP contribution < -0.4 is 0 Å². The van der Waals surface area contributed by atoms with Gasteiger partial charge in [-0.25, -0.2) is 13.2 Å². The quantitative estimate of drug-likeness (QED) is 0.311. The minimum Gasteiger partial charge on any atom is -0.317 e. The van der Waals surface area contributed by atoms with Gasteiger partial charge in [-0.3, -0.25) is 4.74 Å². The predicted molar refractivity (Wildman–Crippen MR) is 97.1 cm³/mol. The minimum absolute atomic E-state index is 0.0834. The van der Waals surface area contributed by atoms with Gasteiger partial charge in [-0.05, 0) is 69.6 Å². The van der Waals surface area contributed by atoms with Crippen LogP contribution in [0.2, 0.25) is 0 Å². The smallest absolute Gasteiger partial charge is 0.317 e. The molecule has 11 heteroatoms. The number of ether oxygens (including phenoxy) is 2. The van der Waals surface area contributed by atoms with E-state index in [0.717, 1.165) is 0 Å². The number of hydrogen-bond acceptors (Lipinski definition) is 2. The largest absolute Gasteiger partial charge is 0.522 e. The highest BCUT2D eigenvalue weighted by Gasteiger charge is 2.56. The molecule has 3 rings (SSSR count). The van der Waals surface area contributed by atoms with Crippen LogP contribution in [-0.4, -0.2) is 48.6 Å². The fourth-order valence-electron chi connectivity index (χ4n) is 5.34. The molecule has 0 N–H and O–H groups in total. The second kappa shape index (κ2) is 9.87. The van der Waals surface area contributed by atoms with Crippen molar-refractivity contribution in [2.24, 2.45) is 17.8 Å². The summed E-state index contributed by atoms with van der Waals surface area (Å²) in [6.07, 6.45) is -17.3. The maximum atomic E-state index is 14.7. The van der Waals surface area contributed by atoms with Crippen molar-refractivity contribution in [2.75, 3.05) is 0 Å². The Morgan fingerprint density at radius 3 is 1.65 bits per heavy atom. The molecule has 3 aliphatic carbocycles. The summed E-state index contributed by atoms with van der Waals surface area (Å²) in [6.45, 7) is 0. The summed E-state index contributed by atoms with van der Waals surface area (Å²) in [5, 5.41) is -0.334. The van der Waals surface area contributed by atoms with Crippen LogP contribution >= 0.6 is 11.6 Å². The van der Waals surface area contributed by atoms with Gasteiger partial charge in [0.25, 0.3) is 0 Å². The van der Waals surface area contributed by atoms with E-state index in [0.29, 0.717) is 12.8 Å². The van der Waals surface area contributed by atoms with Crippen molar-refractivity contribution in [3.05, 3.63) is 0 Å². The Labute approximate surface area is 181 Å². The number of rotatable bonds is 5. The van der Waals surface area contributed by atoms with Gasteiger partial charge in [0, 0.05) is 5.38 Å². The average molecular weight is 487 g/mol. The summed E-state index contributed by atoms with van der Waals surface area (Å²) in [7, 11) is 0. The zero-order valence-electron chi connectivity index (χ0n) is 16.8. The topological polar surface area (TPSA) is 18.5 Å². The number of alkyl halides is 9. The molecule has 0 saturated heterocycles. The molecule has 3 aliphatic rings. The molecular weight excluding hydrogens is 460 g/mol. The first-order valence-corrected chi connectivity index (χ1v) is 11.2. The van der Waals surface area contributed by atoms with Crippen molar-refractivity contribution in [1.82, 2.24) is 0 Å². The Bertz CT molecular complexity index is 572. The lowest BCUT2D eigenvalue weighted by Crippen LogP contribution is -2.51. The first kappa shape index (κ1) is 25.3. The van der Waals surface area contributed by atoms with Crippen molar-refractivity contribution in [1.29, 1.82) is 0 Å². The van der Waals surface area contributed by atoms with Gasteiger partial charge in [-0.2, -0.15) is 8.78 Å². The summed E-state index contributed by atoms with van der Waals surface area (Å²) in [4.78, 5) is 0. The highest BCUT2D eigenvalue weighted by atomic mass is 35.5. The van der Waals surface area contributed by atoms with Gasteiger partial charge in [0.1, 0.15) is 24.4 Å². The van der Waals surface area contributed by atoms with E-state index in [4.69, 9.17) is 16.3 Å². The van der Waals surface area contributed by atoms with E-state index in [1.54, 1.807) is 0 Å². The lowest BCUT2D eigenvalue weighted by atomic mass is 9.68. The van der Waals surface area contributed by atoms with Crippen LogP contribution in [0.25, 0.3) is 0 Å². The maximum absolute atomic E-state index is 14.7. The third-order valence-electron chi connectivity index (χ3n) is 6.83. The van der Waals surface area contributed by atoms with Crippen LogP contribution in [0, 0.1) is 17.8 Å². The van der Waals surface area contributed by atoms with Gasteiger partial charge in [-0.1, -0.05) is 0 Å². The zero-order chi connectivity index (χ0) is 23.0. The van der Waals surface area contributed by atoms with Gasteiger partial charge in [0.2, 0.25) is 0 Å². The lowest BCUT2D eigenvalue weighted by molar-refractivity contribution is -0.352. The highest BCUT2D eigenvalue weighted by Crippen LogP contribution is 2.49. The maximum Gasteiger partial charge on any atom is 0.522 e. The Morgan fingerprint density at radius 2 is 1.16 bits per heavy atom. The fraction of sp³-hybridized carbons (Fsp3) is 1.00. The first-order chi connectivity index (χ1) is 14.4. The molecule has 182 valence electrons. The molecule has 5 unspecified atom stereocenters. The normalized spacial score (nSPS) is 43.1. The molecule has 0 aromatic rings. The van der Waals surface area contributed by atoms with Crippen molar-refractivity contribution >= 4 is 11.6 Å². The molecular formula is C20H27ClF8O2. The van der Waals surface area contributed by atoms with Gasteiger partial charge in [-0.15, -0.1) is 24.8 Å². The van der Waals surface area contributed by atoms with Crippen molar-refractivity contribution in [3.63, 3.8) is 0 Å². The Hall–Kier alpha value is -0.350. The molecule has 3 fully saturated rings. The Kier molecular flexibility index (Phi) is 8.05. The van der Waals surface area contributed by atoms with E-state index < -0.39 is 60.9 Å². The van der Waals surface area contributed by atoms with Gasteiger partial charge in [0.15, 0.2) is 0 Å². The monoisotopic (exact) mass is 486 g/mol. The van der Waals surface area contributed by atoms with Gasteiger partial charge < -0.3 is 4.74 Å².